The lowest BCUT2D eigenvalue weighted by atomic mass is 9.52. The minimum atomic E-state index is -0.507. The van der Waals surface area contributed by atoms with Gasteiger partial charge in [-0.15, -0.1) is 0 Å². The fraction of sp³-hybridized carbons (Fsp3) is 0.118. The molecule has 2 aliphatic heterocycles. The van der Waals surface area contributed by atoms with Crippen LogP contribution in [0, 0.1) is 23.7 Å². The minimum absolute atomic E-state index is 0.248. The van der Waals surface area contributed by atoms with Crippen LogP contribution in [0.4, 0.5) is 0 Å². The first-order valence-electron chi connectivity index (χ1n) is 25.5. The summed E-state index contributed by atoms with van der Waals surface area (Å²) in [6.45, 7) is 0. The highest BCUT2D eigenvalue weighted by Crippen LogP contribution is 2.67. The largest absolute Gasteiger partial charge is 0.393 e. The third-order valence-corrected chi connectivity index (χ3v) is 17.1. The molecule has 0 amide bonds. The van der Waals surface area contributed by atoms with Crippen molar-refractivity contribution in [3.8, 4) is 44.5 Å². The summed E-state index contributed by atoms with van der Waals surface area (Å²) in [7, 11) is 0. The molecule has 8 atom stereocenters. The van der Waals surface area contributed by atoms with Crippen LogP contribution in [0.25, 0.3) is 66.1 Å². The molecule has 0 aromatic heterocycles. The van der Waals surface area contributed by atoms with Crippen LogP contribution < -0.4 is 0 Å². The average Bonchev–Trinajstić information content (AvgIpc) is 4.02. The summed E-state index contributed by atoms with van der Waals surface area (Å²) < 4.78 is 10.7. The molecule has 8 aliphatic rings. The number of carbonyl (C=O) groups excluding carboxylic acids is 4. The van der Waals surface area contributed by atoms with Gasteiger partial charge in [0.25, 0.3) is 0 Å². The first kappa shape index (κ1) is 42.7. The van der Waals surface area contributed by atoms with E-state index >= 15 is 0 Å². The van der Waals surface area contributed by atoms with Crippen molar-refractivity contribution in [2.45, 2.75) is 23.7 Å². The van der Waals surface area contributed by atoms with Gasteiger partial charge in [-0.3, -0.25) is 19.2 Å². The molecule has 2 saturated heterocycles. The van der Waals surface area contributed by atoms with Gasteiger partial charge in [0.05, 0.1) is 23.7 Å². The van der Waals surface area contributed by atoms with Crippen LogP contribution in [0.3, 0.4) is 0 Å². The number of rotatable bonds is 4. The maximum Gasteiger partial charge on any atom is 0.318 e. The zero-order valence-corrected chi connectivity index (χ0v) is 39.9. The monoisotopic (exact) mass is 956 g/mol. The molecule has 10 aromatic rings. The second-order valence-electron chi connectivity index (χ2n) is 20.5. The predicted molar refractivity (Wildman–Crippen MR) is 286 cm³/mol. The van der Waals surface area contributed by atoms with Gasteiger partial charge in [-0.05, 0) is 111 Å². The van der Waals surface area contributed by atoms with Crippen molar-refractivity contribution in [1.82, 2.24) is 0 Å². The molecule has 4 bridgehead atoms. The van der Waals surface area contributed by atoms with Crippen molar-refractivity contribution in [2.24, 2.45) is 23.7 Å². The fourth-order valence-electron chi connectivity index (χ4n) is 14.6. The molecule has 0 saturated carbocycles. The zero-order valence-electron chi connectivity index (χ0n) is 39.9. The Morgan fingerprint density at radius 3 is 0.635 bits per heavy atom. The van der Waals surface area contributed by atoms with E-state index < -0.39 is 47.5 Å². The molecule has 74 heavy (non-hydrogen) atoms. The van der Waals surface area contributed by atoms with E-state index in [4.69, 9.17) is 9.47 Å². The van der Waals surface area contributed by atoms with Crippen molar-refractivity contribution in [1.29, 1.82) is 0 Å². The molecule has 18 rings (SSSR count). The van der Waals surface area contributed by atoms with Crippen LogP contribution in [-0.2, 0) is 28.7 Å². The van der Waals surface area contributed by atoms with Gasteiger partial charge >= 0.3 is 23.9 Å². The molecule has 0 spiro atoms. The summed E-state index contributed by atoms with van der Waals surface area (Å²) in [6, 6.07) is 75.6. The Labute approximate surface area is 426 Å². The van der Waals surface area contributed by atoms with E-state index in [9.17, 15) is 19.2 Å². The van der Waals surface area contributed by atoms with Gasteiger partial charge < -0.3 is 9.47 Å². The summed E-state index contributed by atoms with van der Waals surface area (Å²) in [5, 5.41) is 4.63. The lowest BCUT2D eigenvalue weighted by molar-refractivity contribution is -0.155. The third kappa shape index (κ3) is 5.88. The van der Waals surface area contributed by atoms with Crippen molar-refractivity contribution in [3.05, 3.63) is 263 Å². The van der Waals surface area contributed by atoms with Crippen molar-refractivity contribution in [2.75, 3.05) is 0 Å². The standard InChI is InChI=1S/2C34H22O3/c2*35-33-31-27-23-17-9-10-18-24(23)28(32(31)34(36)37-33)30-26(20-13-5-2-6-14-20)22-16-8-7-15-21(22)25(29(27)30)19-11-3-1-4-12-19/h2*1-18,27-28,31-32H. The highest BCUT2D eigenvalue weighted by Gasteiger charge is 2.63. The van der Waals surface area contributed by atoms with Gasteiger partial charge in [0.2, 0.25) is 0 Å². The Kier molecular flexibility index (Phi) is 9.37. The molecule has 6 nitrogen and oxygen atoms in total. The van der Waals surface area contributed by atoms with Crippen LogP contribution in [0.5, 0.6) is 0 Å². The van der Waals surface area contributed by atoms with Gasteiger partial charge in [-0.1, -0.05) is 218 Å². The van der Waals surface area contributed by atoms with Crippen LogP contribution in [0.1, 0.15) is 68.2 Å². The highest BCUT2D eigenvalue weighted by molar-refractivity contribution is 6.13. The molecule has 6 heteroatoms. The summed E-state index contributed by atoms with van der Waals surface area (Å²) in [5.41, 5.74) is 18.3. The maximum absolute atomic E-state index is 13.3. The predicted octanol–water partition coefficient (Wildman–Crippen LogP) is 14.2. The third-order valence-electron chi connectivity index (χ3n) is 17.1. The molecular formula is C68H44O6. The Morgan fingerprint density at radius 2 is 0.419 bits per heavy atom. The van der Waals surface area contributed by atoms with Gasteiger partial charge in [-0.25, -0.2) is 0 Å². The van der Waals surface area contributed by atoms with E-state index in [1.807, 2.05) is 48.5 Å². The number of carbonyl (C=O) groups is 4. The number of benzene rings is 10. The van der Waals surface area contributed by atoms with Gasteiger partial charge in [0, 0.05) is 23.7 Å². The smallest absolute Gasteiger partial charge is 0.318 e. The molecule has 8 unspecified atom stereocenters. The minimum Gasteiger partial charge on any atom is -0.393 e. The van der Waals surface area contributed by atoms with Crippen LogP contribution in [0.15, 0.2) is 218 Å². The molecule has 0 radical (unpaired) electrons. The molecular weight excluding hydrogens is 913 g/mol. The summed E-state index contributed by atoms with van der Waals surface area (Å²) in [4.78, 5) is 53.0. The van der Waals surface area contributed by atoms with E-state index in [0.717, 1.165) is 88.3 Å². The highest BCUT2D eigenvalue weighted by atomic mass is 16.6. The second kappa shape index (κ2) is 16.3. The lowest BCUT2D eigenvalue weighted by Gasteiger charge is -2.47. The maximum atomic E-state index is 13.3. The Balaban J connectivity index is 0.000000131. The summed E-state index contributed by atoms with van der Waals surface area (Å²) >= 11 is 0. The molecule has 0 N–H and O–H groups in total. The molecule has 10 aromatic carbocycles. The number of fused-ring (bicyclic) bond motifs is 2. The molecule has 352 valence electrons. The van der Waals surface area contributed by atoms with Gasteiger partial charge in [0.15, 0.2) is 0 Å². The van der Waals surface area contributed by atoms with Crippen molar-refractivity contribution in [3.63, 3.8) is 0 Å². The second-order valence-corrected chi connectivity index (χ2v) is 20.5. The topological polar surface area (TPSA) is 86.7 Å². The fourth-order valence-corrected chi connectivity index (χ4v) is 14.6. The quantitative estimate of drug-likeness (QED) is 0.129. The number of hydrogen-bond acceptors (Lipinski definition) is 6. The molecule has 6 aliphatic carbocycles. The van der Waals surface area contributed by atoms with Crippen LogP contribution >= 0.6 is 0 Å². The van der Waals surface area contributed by atoms with Crippen LogP contribution in [-0.4, -0.2) is 23.9 Å². The number of hydrogen-bond donors (Lipinski definition) is 0. The molecule has 2 fully saturated rings. The zero-order chi connectivity index (χ0) is 49.3. The Hall–Kier alpha value is -9.00. The lowest BCUT2D eigenvalue weighted by Crippen LogP contribution is -2.42. The number of ether oxygens (including phenoxy) is 2. The SMILES string of the molecule is O=C1OC(=O)C2C3c4ccccc4C(c4c3c(-c3ccccc3)c3ccccc3c4-c3ccccc3)C12.O=C1OC(=O)C2C3c4ccccc4C(c4c3c(-c3ccccc3)c3ccccc3c4-c3ccccc3)C12. The van der Waals surface area contributed by atoms with Crippen LogP contribution in [0.2, 0.25) is 0 Å². The van der Waals surface area contributed by atoms with E-state index in [2.05, 4.69) is 170 Å². The number of esters is 4. The van der Waals surface area contributed by atoms with Crippen molar-refractivity contribution >= 4 is 45.4 Å². The van der Waals surface area contributed by atoms with Gasteiger partial charge in [0.1, 0.15) is 0 Å². The first-order valence-corrected chi connectivity index (χ1v) is 25.5. The number of cyclic esters (lactones) is 4. The first-order chi connectivity index (χ1) is 36.5. The van der Waals surface area contributed by atoms with E-state index in [0.29, 0.717) is 0 Å². The van der Waals surface area contributed by atoms with E-state index in [1.54, 1.807) is 0 Å². The van der Waals surface area contributed by atoms with E-state index in [-0.39, 0.29) is 23.7 Å². The van der Waals surface area contributed by atoms with Gasteiger partial charge in [-0.2, -0.15) is 0 Å². The van der Waals surface area contributed by atoms with Crippen molar-refractivity contribution < 1.29 is 28.7 Å². The normalized spacial score (nSPS) is 22.9. The molecule has 2 heterocycles. The Morgan fingerprint density at radius 1 is 0.230 bits per heavy atom. The average molecular weight is 957 g/mol. The van der Waals surface area contributed by atoms with E-state index in [1.165, 1.54) is 22.3 Å². The summed E-state index contributed by atoms with van der Waals surface area (Å²) in [6.07, 6.45) is 0. The summed E-state index contributed by atoms with van der Waals surface area (Å²) in [5.74, 6) is -4.58. The Bertz CT molecular complexity index is 3510.